The van der Waals surface area contributed by atoms with Crippen molar-refractivity contribution in [1.29, 1.82) is 0 Å². The largest absolute Gasteiger partial charge is 0.337 e. The van der Waals surface area contributed by atoms with Crippen LogP contribution in [0.25, 0.3) is 10.8 Å². The van der Waals surface area contributed by atoms with Gasteiger partial charge in [0, 0.05) is 37.4 Å². The minimum absolute atomic E-state index is 0.157. The Morgan fingerprint density at radius 2 is 1.73 bits per heavy atom. The molecule has 0 saturated heterocycles. The minimum atomic E-state index is 0.157. The molecule has 1 aromatic heterocycles. The van der Waals surface area contributed by atoms with Crippen LogP contribution in [-0.4, -0.2) is 47.9 Å². The number of amides is 1. The van der Waals surface area contributed by atoms with E-state index in [-0.39, 0.29) is 5.91 Å². The molecule has 0 bridgehead atoms. The first-order valence-corrected chi connectivity index (χ1v) is 8.91. The number of nitrogens with zero attached hydrogens (tertiary/aromatic N) is 3. The molecule has 4 heteroatoms. The number of hydrogen-bond donors (Lipinski definition) is 0. The second kappa shape index (κ2) is 8.59. The molecule has 0 aliphatic heterocycles. The molecule has 3 rings (SSSR count). The fourth-order valence-electron chi connectivity index (χ4n) is 2.95. The highest BCUT2D eigenvalue weighted by Crippen LogP contribution is 2.16. The van der Waals surface area contributed by atoms with Gasteiger partial charge in [0.2, 0.25) is 5.91 Å². The summed E-state index contributed by atoms with van der Waals surface area (Å²) in [5.74, 6) is 0.157. The molecule has 0 spiro atoms. The molecule has 0 radical (unpaired) electrons. The van der Waals surface area contributed by atoms with Crippen LogP contribution in [0.1, 0.15) is 11.1 Å². The van der Waals surface area contributed by atoms with Gasteiger partial charge < -0.3 is 9.80 Å². The third-order valence-corrected chi connectivity index (χ3v) is 4.45. The molecule has 26 heavy (non-hydrogen) atoms. The quantitative estimate of drug-likeness (QED) is 0.657. The summed E-state index contributed by atoms with van der Waals surface area (Å²) in [5.41, 5.74) is 2.20. The number of carbonyl (C=O) groups is 1. The van der Waals surface area contributed by atoms with Crippen LogP contribution in [0.2, 0.25) is 0 Å². The smallest absolute Gasteiger partial charge is 0.227 e. The summed E-state index contributed by atoms with van der Waals surface area (Å²) in [6.45, 7) is 2.21. The summed E-state index contributed by atoms with van der Waals surface area (Å²) in [5, 5.41) is 2.21. The monoisotopic (exact) mass is 347 g/mol. The topological polar surface area (TPSA) is 36.4 Å². The lowest BCUT2D eigenvalue weighted by molar-refractivity contribution is -0.131. The van der Waals surface area contributed by atoms with Crippen LogP contribution < -0.4 is 0 Å². The van der Waals surface area contributed by atoms with Crippen LogP contribution in [0.15, 0.2) is 67.0 Å². The lowest BCUT2D eigenvalue weighted by Crippen LogP contribution is -2.37. The molecule has 1 amide bonds. The zero-order valence-corrected chi connectivity index (χ0v) is 15.4. The van der Waals surface area contributed by atoms with Gasteiger partial charge in [-0.3, -0.25) is 9.78 Å². The van der Waals surface area contributed by atoms with Crippen LogP contribution in [0.5, 0.6) is 0 Å². The summed E-state index contributed by atoms with van der Waals surface area (Å²) >= 11 is 0. The van der Waals surface area contributed by atoms with E-state index in [2.05, 4.69) is 28.1 Å². The van der Waals surface area contributed by atoms with Gasteiger partial charge in [-0.25, -0.2) is 0 Å². The maximum atomic E-state index is 13.0. The molecule has 134 valence electrons. The van der Waals surface area contributed by atoms with E-state index in [0.717, 1.165) is 35.0 Å². The summed E-state index contributed by atoms with van der Waals surface area (Å²) in [6, 6.07) is 18.3. The molecule has 0 aliphatic carbocycles. The lowest BCUT2D eigenvalue weighted by Gasteiger charge is -2.25. The molecule has 0 N–H and O–H groups in total. The van der Waals surface area contributed by atoms with Gasteiger partial charge in [-0.05, 0) is 36.7 Å². The Kier molecular flexibility index (Phi) is 5.97. The number of aromatic nitrogens is 1. The van der Waals surface area contributed by atoms with E-state index in [1.807, 2.05) is 61.6 Å². The Bertz CT molecular complexity index is 861. The zero-order valence-electron chi connectivity index (χ0n) is 15.4. The first-order chi connectivity index (χ1) is 12.6. The molecule has 0 unspecified atom stereocenters. The highest BCUT2D eigenvalue weighted by Gasteiger charge is 2.15. The van der Waals surface area contributed by atoms with E-state index < -0.39 is 0 Å². The number of rotatable bonds is 7. The SMILES string of the molecule is CN(C)CCN(Cc1ccccc1)C(=O)Cc1ccc2cnccc2c1. The van der Waals surface area contributed by atoms with Crippen molar-refractivity contribution in [2.75, 3.05) is 27.2 Å². The van der Waals surface area contributed by atoms with Crippen LogP contribution in [0.4, 0.5) is 0 Å². The highest BCUT2D eigenvalue weighted by molar-refractivity contribution is 5.84. The van der Waals surface area contributed by atoms with E-state index in [1.54, 1.807) is 6.20 Å². The van der Waals surface area contributed by atoms with Crippen LogP contribution in [0.3, 0.4) is 0 Å². The maximum Gasteiger partial charge on any atom is 0.227 e. The number of hydrogen-bond acceptors (Lipinski definition) is 3. The van der Waals surface area contributed by atoms with Gasteiger partial charge in [-0.1, -0.05) is 48.5 Å². The van der Waals surface area contributed by atoms with Crippen molar-refractivity contribution in [3.05, 3.63) is 78.1 Å². The molecule has 2 aromatic carbocycles. The lowest BCUT2D eigenvalue weighted by atomic mass is 10.1. The fraction of sp³-hybridized carbons (Fsp3) is 0.273. The fourth-order valence-corrected chi connectivity index (χ4v) is 2.95. The van der Waals surface area contributed by atoms with Gasteiger partial charge in [0.05, 0.1) is 6.42 Å². The summed E-state index contributed by atoms with van der Waals surface area (Å²) < 4.78 is 0. The van der Waals surface area contributed by atoms with Crippen LogP contribution in [-0.2, 0) is 17.8 Å². The van der Waals surface area contributed by atoms with Crippen molar-refractivity contribution in [2.45, 2.75) is 13.0 Å². The first kappa shape index (κ1) is 18.1. The predicted octanol–water partition coefficient (Wildman–Crippen LogP) is 3.37. The number of fused-ring (bicyclic) bond motifs is 1. The molecule has 0 atom stereocenters. The van der Waals surface area contributed by atoms with Crippen LogP contribution in [0, 0.1) is 0 Å². The Balaban J connectivity index is 1.74. The van der Waals surface area contributed by atoms with Crippen molar-refractivity contribution in [3.8, 4) is 0 Å². The van der Waals surface area contributed by atoms with E-state index >= 15 is 0 Å². The summed E-state index contributed by atoms with van der Waals surface area (Å²) in [7, 11) is 4.06. The van der Waals surface area contributed by atoms with Gasteiger partial charge in [0.15, 0.2) is 0 Å². The van der Waals surface area contributed by atoms with E-state index in [0.29, 0.717) is 13.0 Å². The first-order valence-electron chi connectivity index (χ1n) is 8.91. The van der Waals surface area contributed by atoms with Crippen molar-refractivity contribution in [2.24, 2.45) is 0 Å². The number of carbonyl (C=O) groups excluding carboxylic acids is 1. The van der Waals surface area contributed by atoms with E-state index in [9.17, 15) is 4.79 Å². The molecule has 4 nitrogen and oxygen atoms in total. The third-order valence-electron chi connectivity index (χ3n) is 4.45. The van der Waals surface area contributed by atoms with E-state index in [1.165, 1.54) is 0 Å². The molecule has 0 saturated carbocycles. The molecule has 0 aliphatic rings. The highest BCUT2D eigenvalue weighted by atomic mass is 16.2. The van der Waals surface area contributed by atoms with Crippen molar-refractivity contribution in [3.63, 3.8) is 0 Å². The van der Waals surface area contributed by atoms with Gasteiger partial charge in [0.1, 0.15) is 0 Å². The summed E-state index contributed by atoms with van der Waals surface area (Å²) in [6.07, 6.45) is 4.05. The number of likely N-dealkylation sites (N-methyl/N-ethyl adjacent to an activating group) is 1. The van der Waals surface area contributed by atoms with Gasteiger partial charge in [-0.15, -0.1) is 0 Å². The molecule has 1 heterocycles. The van der Waals surface area contributed by atoms with Crippen molar-refractivity contribution in [1.82, 2.24) is 14.8 Å². The average molecular weight is 347 g/mol. The van der Waals surface area contributed by atoms with Crippen molar-refractivity contribution >= 4 is 16.7 Å². The Morgan fingerprint density at radius 3 is 2.50 bits per heavy atom. The maximum absolute atomic E-state index is 13.0. The number of pyridine rings is 1. The average Bonchev–Trinajstić information content (AvgIpc) is 2.65. The number of benzene rings is 2. The standard InChI is InChI=1S/C22H25N3O/c1-24(2)12-13-25(17-18-6-4-3-5-7-18)22(26)15-19-8-9-21-16-23-11-10-20(21)14-19/h3-11,14,16H,12-13,15,17H2,1-2H3. The zero-order chi connectivity index (χ0) is 18.4. The minimum Gasteiger partial charge on any atom is -0.337 e. The van der Waals surface area contributed by atoms with Gasteiger partial charge >= 0.3 is 0 Å². The molecular formula is C22H25N3O. The van der Waals surface area contributed by atoms with Crippen molar-refractivity contribution < 1.29 is 4.79 Å². The van der Waals surface area contributed by atoms with Gasteiger partial charge in [0.25, 0.3) is 0 Å². The molecule has 0 fully saturated rings. The Morgan fingerprint density at radius 1 is 0.923 bits per heavy atom. The Labute approximate surface area is 155 Å². The second-order valence-corrected chi connectivity index (χ2v) is 6.84. The molecule has 3 aromatic rings. The summed E-state index contributed by atoms with van der Waals surface area (Å²) in [4.78, 5) is 21.2. The normalized spacial score (nSPS) is 11.0. The third kappa shape index (κ3) is 4.90. The Hall–Kier alpha value is -2.72. The second-order valence-electron chi connectivity index (χ2n) is 6.84. The van der Waals surface area contributed by atoms with E-state index in [4.69, 9.17) is 0 Å². The van der Waals surface area contributed by atoms with Gasteiger partial charge in [-0.2, -0.15) is 0 Å². The predicted molar refractivity (Wildman–Crippen MR) is 106 cm³/mol. The molecular weight excluding hydrogens is 322 g/mol. The van der Waals surface area contributed by atoms with Crippen LogP contribution >= 0.6 is 0 Å².